The summed E-state index contributed by atoms with van der Waals surface area (Å²) in [5.74, 6) is -0.416. The van der Waals surface area contributed by atoms with Crippen LogP contribution in [0.25, 0.3) is 0 Å². The van der Waals surface area contributed by atoms with Crippen LogP contribution in [0.5, 0.6) is 0 Å². The Morgan fingerprint density at radius 3 is 2.60 bits per heavy atom. The summed E-state index contributed by atoms with van der Waals surface area (Å²) in [6, 6.07) is 4.65. The number of aromatic amines is 1. The zero-order valence-electron chi connectivity index (χ0n) is 11.4. The number of amides is 1. The second-order valence-corrected chi connectivity index (χ2v) is 4.54. The molecule has 0 atom stereocenters. The van der Waals surface area contributed by atoms with Crippen molar-refractivity contribution in [1.82, 2.24) is 10.2 Å². The van der Waals surface area contributed by atoms with Gasteiger partial charge in [-0.1, -0.05) is 6.07 Å². The number of nitro benzene ring substituents is 1. The van der Waals surface area contributed by atoms with Crippen LogP contribution in [0.15, 0.2) is 18.2 Å². The summed E-state index contributed by atoms with van der Waals surface area (Å²) in [7, 11) is 0. The normalized spacial score (nSPS) is 10.3. The Morgan fingerprint density at radius 2 is 2.05 bits per heavy atom. The molecule has 2 aromatic rings. The first kappa shape index (κ1) is 13.7. The van der Waals surface area contributed by atoms with Crippen LogP contribution in [0.3, 0.4) is 0 Å². The highest BCUT2D eigenvalue weighted by atomic mass is 16.6. The van der Waals surface area contributed by atoms with E-state index in [4.69, 9.17) is 0 Å². The molecule has 0 aliphatic heterocycles. The van der Waals surface area contributed by atoms with E-state index in [1.165, 1.54) is 12.1 Å². The van der Waals surface area contributed by atoms with E-state index in [1.807, 2.05) is 0 Å². The third-order valence-corrected chi connectivity index (χ3v) is 2.95. The first-order valence-corrected chi connectivity index (χ1v) is 5.98. The molecule has 1 amide bonds. The number of aromatic nitrogens is 2. The van der Waals surface area contributed by atoms with Crippen LogP contribution in [-0.2, 0) is 0 Å². The van der Waals surface area contributed by atoms with Crippen molar-refractivity contribution in [2.75, 3.05) is 5.32 Å². The number of carbonyl (C=O) groups excluding carboxylic acids is 1. The Morgan fingerprint density at radius 1 is 1.35 bits per heavy atom. The fraction of sp³-hybridized carbons (Fsp3) is 0.231. The summed E-state index contributed by atoms with van der Waals surface area (Å²) in [4.78, 5) is 22.7. The molecule has 1 aromatic carbocycles. The van der Waals surface area contributed by atoms with Crippen molar-refractivity contribution in [2.45, 2.75) is 20.8 Å². The predicted octanol–water partition coefficient (Wildman–Crippen LogP) is 2.50. The summed E-state index contributed by atoms with van der Waals surface area (Å²) in [6.45, 7) is 5.17. The van der Waals surface area contributed by atoms with Gasteiger partial charge in [0.2, 0.25) is 0 Å². The lowest BCUT2D eigenvalue weighted by Crippen LogP contribution is -2.14. The van der Waals surface area contributed by atoms with Gasteiger partial charge >= 0.3 is 0 Å². The molecule has 0 unspecified atom stereocenters. The molecule has 0 saturated heterocycles. The van der Waals surface area contributed by atoms with E-state index < -0.39 is 10.8 Å². The van der Waals surface area contributed by atoms with E-state index in [2.05, 4.69) is 15.5 Å². The number of nitro groups is 1. The van der Waals surface area contributed by atoms with Gasteiger partial charge in [-0.15, -0.1) is 0 Å². The second-order valence-electron chi connectivity index (χ2n) is 4.54. The molecule has 7 heteroatoms. The maximum absolute atomic E-state index is 12.2. The molecule has 0 aliphatic carbocycles. The molecule has 0 bridgehead atoms. The second kappa shape index (κ2) is 5.12. The number of carbonyl (C=O) groups is 1. The Bertz CT molecular complexity index is 671. The van der Waals surface area contributed by atoms with Crippen molar-refractivity contribution in [3.63, 3.8) is 0 Å². The van der Waals surface area contributed by atoms with Gasteiger partial charge in [0.05, 0.1) is 16.2 Å². The highest BCUT2D eigenvalue weighted by molar-refractivity contribution is 6.06. The number of aryl methyl sites for hydroxylation is 3. The maximum Gasteiger partial charge on any atom is 0.293 e. The SMILES string of the molecule is Cc1ccc(NC(=O)c2c(C)n[nH]c2C)c([N+](=O)[O-])c1. The summed E-state index contributed by atoms with van der Waals surface area (Å²) in [6.07, 6.45) is 0. The number of benzene rings is 1. The van der Waals surface area contributed by atoms with Gasteiger partial charge in [0.25, 0.3) is 11.6 Å². The standard InChI is InChI=1S/C13H14N4O3/c1-7-4-5-10(11(6-7)17(19)20)14-13(18)12-8(2)15-16-9(12)3/h4-6H,1-3H3,(H,14,18)(H,15,16). The van der Waals surface area contributed by atoms with Crippen molar-refractivity contribution >= 4 is 17.3 Å². The van der Waals surface area contributed by atoms with Gasteiger partial charge in [-0.05, 0) is 32.4 Å². The molecular weight excluding hydrogens is 260 g/mol. The van der Waals surface area contributed by atoms with Crippen LogP contribution in [0.4, 0.5) is 11.4 Å². The number of nitrogens with one attached hydrogen (secondary N) is 2. The van der Waals surface area contributed by atoms with Crippen LogP contribution < -0.4 is 5.32 Å². The molecule has 0 aliphatic rings. The number of anilines is 1. The van der Waals surface area contributed by atoms with Gasteiger partial charge in [0.15, 0.2) is 0 Å². The van der Waals surface area contributed by atoms with Gasteiger partial charge in [-0.3, -0.25) is 20.0 Å². The van der Waals surface area contributed by atoms with Crippen LogP contribution in [0, 0.1) is 30.9 Å². The molecule has 1 aromatic heterocycles. The lowest BCUT2D eigenvalue weighted by Gasteiger charge is -2.06. The maximum atomic E-state index is 12.2. The number of H-pyrrole nitrogens is 1. The fourth-order valence-corrected chi connectivity index (χ4v) is 1.97. The van der Waals surface area contributed by atoms with Gasteiger partial charge < -0.3 is 5.32 Å². The van der Waals surface area contributed by atoms with Gasteiger partial charge in [0.1, 0.15) is 5.69 Å². The van der Waals surface area contributed by atoms with Crippen molar-refractivity contribution in [1.29, 1.82) is 0 Å². The van der Waals surface area contributed by atoms with Gasteiger partial charge in [-0.25, -0.2) is 0 Å². The first-order chi connectivity index (χ1) is 9.40. The van der Waals surface area contributed by atoms with Crippen molar-refractivity contribution in [2.24, 2.45) is 0 Å². The molecule has 0 fully saturated rings. The zero-order valence-corrected chi connectivity index (χ0v) is 11.4. The van der Waals surface area contributed by atoms with Crippen molar-refractivity contribution < 1.29 is 9.72 Å². The van der Waals surface area contributed by atoms with E-state index in [0.717, 1.165) is 5.56 Å². The number of rotatable bonds is 3. The van der Waals surface area contributed by atoms with E-state index >= 15 is 0 Å². The minimum atomic E-state index is -0.516. The molecule has 20 heavy (non-hydrogen) atoms. The van der Waals surface area contributed by atoms with E-state index in [9.17, 15) is 14.9 Å². The molecule has 2 rings (SSSR count). The van der Waals surface area contributed by atoms with Gasteiger partial charge in [-0.2, -0.15) is 5.10 Å². The van der Waals surface area contributed by atoms with Crippen molar-refractivity contribution in [3.05, 3.63) is 50.8 Å². The van der Waals surface area contributed by atoms with Crippen LogP contribution in [0.1, 0.15) is 27.3 Å². The Balaban J connectivity index is 2.36. The van der Waals surface area contributed by atoms with E-state index in [0.29, 0.717) is 17.0 Å². The zero-order chi connectivity index (χ0) is 14.9. The van der Waals surface area contributed by atoms with Crippen LogP contribution in [0.2, 0.25) is 0 Å². The first-order valence-electron chi connectivity index (χ1n) is 5.98. The Labute approximate surface area is 115 Å². The summed E-state index contributed by atoms with van der Waals surface area (Å²) < 4.78 is 0. The highest BCUT2D eigenvalue weighted by Gasteiger charge is 2.20. The molecule has 7 nitrogen and oxygen atoms in total. The highest BCUT2D eigenvalue weighted by Crippen LogP contribution is 2.26. The van der Waals surface area contributed by atoms with E-state index in [-0.39, 0.29) is 11.4 Å². The molecule has 0 saturated carbocycles. The monoisotopic (exact) mass is 274 g/mol. The summed E-state index contributed by atoms with van der Waals surface area (Å²) in [5, 5.41) is 20.2. The minimum absolute atomic E-state index is 0.128. The lowest BCUT2D eigenvalue weighted by molar-refractivity contribution is -0.384. The molecule has 1 heterocycles. The third kappa shape index (κ3) is 2.51. The molecule has 0 radical (unpaired) electrons. The minimum Gasteiger partial charge on any atom is -0.316 e. The van der Waals surface area contributed by atoms with Crippen LogP contribution >= 0.6 is 0 Å². The summed E-state index contributed by atoms with van der Waals surface area (Å²) in [5.41, 5.74) is 2.37. The molecule has 2 N–H and O–H groups in total. The van der Waals surface area contributed by atoms with Crippen molar-refractivity contribution in [3.8, 4) is 0 Å². The predicted molar refractivity (Wildman–Crippen MR) is 73.8 cm³/mol. The molecule has 104 valence electrons. The lowest BCUT2D eigenvalue weighted by atomic mass is 10.1. The summed E-state index contributed by atoms with van der Waals surface area (Å²) >= 11 is 0. The number of nitrogens with zero attached hydrogens (tertiary/aromatic N) is 2. The average molecular weight is 274 g/mol. The van der Waals surface area contributed by atoms with E-state index in [1.54, 1.807) is 26.8 Å². The number of hydrogen-bond acceptors (Lipinski definition) is 4. The molecule has 0 spiro atoms. The largest absolute Gasteiger partial charge is 0.316 e. The topological polar surface area (TPSA) is 101 Å². The Kier molecular flexibility index (Phi) is 3.51. The number of hydrogen-bond donors (Lipinski definition) is 2. The van der Waals surface area contributed by atoms with Crippen LogP contribution in [-0.4, -0.2) is 21.0 Å². The smallest absolute Gasteiger partial charge is 0.293 e. The third-order valence-electron chi connectivity index (χ3n) is 2.95. The quantitative estimate of drug-likeness (QED) is 0.663. The fourth-order valence-electron chi connectivity index (χ4n) is 1.97. The Hall–Kier alpha value is -2.70. The molecular formula is C13H14N4O3. The van der Waals surface area contributed by atoms with Gasteiger partial charge in [0, 0.05) is 11.8 Å². The average Bonchev–Trinajstić information content (AvgIpc) is 2.71.